The monoisotopic (exact) mass is 244 g/mol. The van der Waals surface area contributed by atoms with E-state index in [0.29, 0.717) is 11.5 Å². The van der Waals surface area contributed by atoms with Crippen molar-refractivity contribution in [2.45, 2.75) is 33.2 Å². The number of hydrogen-bond donors (Lipinski definition) is 1. The molecule has 2 aliphatic rings. The van der Waals surface area contributed by atoms with Crippen LogP contribution in [0.5, 0.6) is 0 Å². The maximum atomic E-state index is 3.73. The van der Waals surface area contributed by atoms with E-state index in [0.717, 1.165) is 5.92 Å². The lowest BCUT2D eigenvalue weighted by Gasteiger charge is -2.40. The van der Waals surface area contributed by atoms with Gasteiger partial charge in [0, 0.05) is 31.4 Å². The maximum absolute atomic E-state index is 3.73. The molecule has 3 rings (SSSR count). The third kappa shape index (κ3) is 1.93. The fourth-order valence-corrected chi connectivity index (χ4v) is 3.76. The maximum Gasteiger partial charge on any atom is 0.0396 e. The van der Waals surface area contributed by atoms with Gasteiger partial charge >= 0.3 is 0 Å². The zero-order valence-corrected chi connectivity index (χ0v) is 11.7. The molecule has 2 atom stereocenters. The Morgan fingerprint density at radius 1 is 1.28 bits per heavy atom. The van der Waals surface area contributed by atoms with Gasteiger partial charge in [-0.3, -0.25) is 0 Å². The molecule has 2 heteroatoms. The van der Waals surface area contributed by atoms with E-state index in [-0.39, 0.29) is 0 Å². The van der Waals surface area contributed by atoms with Gasteiger partial charge in [0.1, 0.15) is 0 Å². The van der Waals surface area contributed by atoms with Crippen molar-refractivity contribution in [2.24, 2.45) is 11.3 Å². The molecular weight excluding hydrogens is 220 g/mol. The second kappa shape index (κ2) is 4.27. The topological polar surface area (TPSA) is 15.3 Å². The highest BCUT2D eigenvalue weighted by Crippen LogP contribution is 2.40. The van der Waals surface area contributed by atoms with Crippen molar-refractivity contribution in [3.05, 3.63) is 29.8 Å². The smallest absolute Gasteiger partial charge is 0.0396 e. The first-order valence-electron chi connectivity index (χ1n) is 7.12. The summed E-state index contributed by atoms with van der Waals surface area (Å²) >= 11 is 0. The summed E-state index contributed by atoms with van der Waals surface area (Å²) in [5.41, 5.74) is 3.29. The first-order chi connectivity index (χ1) is 8.58. The lowest BCUT2D eigenvalue weighted by Crippen LogP contribution is -2.48. The predicted octanol–water partition coefficient (Wildman–Crippen LogP) is 2.82. The highest BCUT2D eigenvalue weighted by molar-refractivity contribution is 5.53. The van der Waals surface area contributed by atoms with Crippen molar-refractivity contribution >= 4 is 5.69 Å². The van der Waals surface area contributed by atoms with E-state index in [1.807, 2.05) is 0 Å². The summed E-state index contributed by atoms with van der Waals surface area (Å²) in [7, 11) is 0. The molecule has 0 amide bonds. The number of hydrogen-bond acceptors (Lipinski definition) is 2. The molecule has 18 heavy (non-hydrogen) atoms. The molecule has 0 aromatic heterocycles. The van der Waals surface area contributed by atoms with E-state index in [1.54, 1.807) is 0 Å². The van der Waals surface area contributed by atoms with Gasteiger partial charge < -0.3 is 10.2 Å². The molecule has 1 aromatic carbocycles. The van der Waals surface area contributed by atoms with Gasteiger partial charge in [0.15, 0.2) is 0 Å². The second-order valence-electron chi connectivity index (χ2n) is 6.60. The average Bonchev–Trinajstić information content (AvgIpc) is 2.66. The Labute approximate surface area is 110 Å². The third-order valence-corrected chi connectivity index (χ3v) is 4.89. The van der Waals surface area contributed by atoms with Gasteiger partial charge in [-0.25, -0.2) is 0 Å². The van der Waals surface area contributed by atoms with Crippen LogP contribution in [0.3, 0.4) is 0 Å². The van der Waals surface area contributed by atoms with E-state index in [9.17, 15) is 0 Å². The fraction of sp³-hybridized carbons (Fsp3) is 0.625. The summed E-state index contributed by atoms with van der Waals surface area (Å²) < 4.78 is 0. The molecule has 1 N–H and O–H groups in total. The number of nitrogens with zero attached hydrogens (tertiary/aromatic N) is 1. The van der Waals surface area contributed by atoms with Crippen LogP contribution in [0.1, 0.15) is 25.8 Å². The zero-order chi connectivity index (χ0) is 12.8. The molecule has 0 bridgehead atoms. The largest absolute Gasteiger partial charge is 0.370 e. The Morgan fingerprint density at radius 2 is 2.06 bits per heavy atom. The van der Waals surface area contributed by atoms with Crippen molar-refractivity contribution in [3.8, 4) is 0 Å². The van der Waals surface area contributed by atoms with Crippen LogP contribution >= 0.6 is 0 Å². The molecule has 1 aromatic rings. The second-order valence-corrected chi connectivity index (χ2v) is 6.60. The minimum atomic E-state index is 0.475. The summed E-state index contributed by atoms with van der Waals surface area (Å²) in [5, 5.41) is 3.73. The standard InChI is InChI=1S/C16H24N2/c1-12-6-4-5-7-15(12)18-9-8-13-14(10-18)17-11-16(13,2)3/h4-7,13-14,17H,8-11H2,1-3H3. The van der Waals surface area contributed by atoms with Crippen LogP contribution < -0.4 is 10.2 Å². The molecule has 2 unspecified atom stereocenters. The molecule has 0 saturated carbocycles. The Bertz CT molecular complexity index is 438. The normalized spacial score (nSPS) is 30.3. The molecule has 2 heterocycles. The summed E-state index contributed by atoms with van der Waals surface area (Å²) in [5.74, 6) is 0.845. The third-order valence-electron chi connectivity index (χ3n) is 4.89. The zero-order valence-electron chi connectivity index (χ0n) is 11.7. The van der Waals surface area contributed by atoms with Crippen molar-refractivity contribution < 1.29 is 0 Å². The molecule has 2 fully saturated rings. The van der Waals surface area contributed by atoms with Crippen molar-refractivity contribution in [2.75, 3.05) is 24.5 Å². The van der Waals surface area contributed by atoms with E-state index in [4.69, 9.17) is 0 Å². The predicted molar refractivity (Wildman–Crippen MR) is 77.1 cm³/mol. The highest BCUT2D eigenvalue weighted by atomic mass is 15.2. The SMILES string of the molecule is Cc1ccccc1N1CCC2C(C1)NCC2(C)C. The molecule has 0 spiro atoms. The Kier molecular flexibility index (Phi) is 2.86. The van der Waals surface area contributed by atoms with Gasteiger partial charge in [0.2, 0.25) is 0 Å². The number of aryl methyl sites for hydroxylation is 1. The first kappa shape index (κ1) is 12.0. The van der Waals surface area contributed by atoms with Crippen LogP contribution in [0.25, 0.3) is 0 Å². The van der Waals surface area contributed by atoms with Gasteiger partial charge in [-0.1, -0.05) is 32.0 Å². The van der Waals surface area contributed by atoms with Crippen LogP contribution in [0, 0.1) is 18.3 Å². The molecule has 2 saturated heterocycles. The molecule has 0 radical (unpaired) electrons. The van der Waals surface area contributed by atoms with Crippen LogP contribution in [-0.2, 0) is 0 Å². The van der Waals surface area contributed by atoms with Gasteiger partial charge in [-0.15, -0.1) is 0 Å². The molecule has 2 nitrogen and oxygen atoms in total. The first-order valence-corrected chi connectivity index (χ1v) is 7.12. The van der Waals surface area contributed by atoms with E-state index in [1.165, 1.54) is 37.3 Å². The fourth-order valence-electron chi connectivity index (χ4n) is 3.76. The van der Waals surface area contributed by atoms with E-state index < -0.39 is 0 Å². The number of rotatable bonds is 1. The molecular formula is C16H24N2. The number of fused-ring (bicyclic) bond motifs is 1. The lowest BCUT2D eigenvalue weighted by molar-refractivity contribution is 0.227. The summed E-state index contributed by atoms with van der Waals surface area (Å²) in [4.78, 5) is 2.56. The van der Waals surface area contributed by atoms with Crippen LogP contribution in [0.4, 0.5) is 5.69 Å². The number of para-hydroxylation sites is 1. The average molecular weight is 244 g/mol. The van der Waals surface area contributed by atoms with Crippen molar-refractivity contribution in [3.63, 3.8) is 0 Å². The van der Waals surface area contributed by atoms with Crippen LogP contribution in [0.15, 0.2) is 24.3 Å². The molecule has 0 aliphatic carbocycles. The van der Waals surface area contributed by atoms with Crippen molar-refractivity contribution in [1.82, 2.24) is 5.32 Å². The van der Waals surface area contributed by atoms with Gasteiger partial charge in [-0.2, -0.15) is 0 Å². The minimum Gasteiger partial charge on any atom is -0.370 e. The Hall–Kier alpha value is -1.02. The van der Waals surface area contributed by atoms with Crippen LogP contribution in [-0.4, -0.2) is 25.7 Å². The van der Waals surface area contributed by atoms with Crippen LogP contribution in [0.2, 0.25) is 0 Å². The summed E-state index contributed by atoms with van der Waals surface area (Å²) in [6.45, 7) is 10.6. The minimum absolute atomic E-state index is 0.475. The molecule has 2 aliphatic heterocycles. The molecule has 98 valence electrons. The Morgan fingerprint density at radius 3 is 2.83 bits per heavy atom. The van der Waals surface area contributed by atoms with E-state index >= 15 is 0 Å². The Balaban J connectivity index is 1.78. The number of benzene rings is 1. The van der Waals surface area contributed by atoms with E-state index in [2.05, 4.69) is 55.3 Å². The van der Waals surface area contributed by atoms with Gasteiger partial charge in [0.05, 0.1) is 0 Å². The van der Waals surface area contributed by atoms with Gasteiger partial charge in [-0.05, 0) is 36.3 Å². The number of anilines is 1. The highest BCUT2D eigenvalue weighted by Gasteiger charge is 2.44. The lowest BCUT2D eigenvalue weighted by atomic mass is 9.75. The summed E-state index contributed by atoms with van der Waals surface area (Å²) in [6.07, 6.45) is 1.32. The van der Waals surface area contributed by atoms with Gasteiger partial charge in [0.25, 0.3) is 0 Å². The number of nitrogens with one attached hydrogen (secondary N) is 1. The quantitative estimate of drug-likeness (QED) is 0.817. The number of piperidine rings is 1. The summed E-state index contributed by atoms with van der Waals surface area (Å²) in [6, 6.07) is 9.43. The van der Waals surface area contributed by atoms with Crippen molar-refractivity contribution in [1.29, 1.82) is 0 Å².